The summed E-state index contributed by atoms with van der Waals surface area (Å²) in [6, 6.07) is 15.1. The number of ether oxygens (including phenoxy) is 2. The third kappa shape index (κ3) is 4.01. The first-order valence-electron chi connectivity index (χ1n) is 7.85. The van der Waals surface area contributed by atoms with Crippen LogP contribution in [0.25, 0.3) is 17.0 Å². The van der Waals surface area contributed by atoms with Gasteiger partial charge in [-0.1, -0.05) is 24.3 Å². The maximum absolute atomic E-state index is 12.0. The fourth-order valence-corrected chi connectivity index (χ4v) is 2.45. The molecular formula is C20H19NO4. The van der Waals surface area contributed by atoms with Crippen molar-refractivity contribution in [2.75, 3.05) is 14.2 Å². The molecule has 1 N–H and O–H groups in total. The van der Waals surface area contributed by atoms with E-state index >= 15 is 0 Å². The summed E-state index contributed by atoms with van der Waals surface area (Å²) in [4.78, 5) is 12.0. The Morgan fingerprint density at radius 2 is 1.92 bits per heavy atom. The fourth-order valence-electron chi connectivity index (χ4n) is 2.45. The SMILES string of the molecule is COc1ccc(CNC(=O)/C=C/c2cc3cccc(OC)c3o2)cc1. The van der Waals surface area contributed by atoms with E-state index in [1.54, 1.807) is 20.3 Å². The van der Waals surface area contributed by atoms with Crippen molar-refractivity contribution in [3.05, 3.63) is 65.9 Å². The van der Waals surface area contributed by atoms with E-state index in [1.807, 2.05) is 48.5 Å². The average molecular weight is 337 g/mol. The molecule has 0 fully saturated rings. The van der Waals surface area contributed by atoms with Gasteiger partial charge in [0.15, 0.2) is 11.3 Å². The lowest BCUT2D eigenvalue weighted by atomic mass is 10.2. The molecule has 3 aromatic rings. The second-order valence-electron chi connectivity index (χ2n) is 5.43. The first kappa shape index (κ1) is 16.6. The number of furan rings is 1. The molecular weight excluding hydrogens is 318 g/mol. The Labute approximate surface area is 145 Å². The van der Waals surface area contributed by atoms with Crippen molar-refractivity contribution in [3.8, 4) is 11.5 Å². The van der Waals surface area contributed by atoms with Gasteiger partial charge in [0.05, 0.1) is 14.2 Å². The Kier molecular flexibility index (Phi) is 5.04. The molecule has 25 heavy (non-hydrogen) atoms. The molecule has 0 saturated heterocycles. The van der Waals surface area contributed by atoms with Crippen molar-refractivity contribution >= 4 is 23.0 Å². The Bertz CT molecular complexity index is 894. The standard InChI is InChI=1S/C20H19NO4/c1-23-16-8-6-14(7-9-16)13-21-19(22)11-10-17-12-15-4-3-5-18(24-2)20(15)25-17/h3-12H,13H2,1-2H3,(H,21,22)/b11-10+. The summed E-state index contributed by atoms with van der Waals surface area (Å²) in [5, 5.41) is 3.76. The van der Waals surface area contributed by atoms with Gasteiger partial charge in [-0.3, -0.25) is 4.79 Å². The zero-order valence-corrected chi connectivity index (χ0v) is 14.1. The third-order valence-corrected chi connectivity index (χ3v) is 3.77. The van der Waals surface area contributed by atoms with Crippen molar-refractivity contribution in [3.63, 3.8) is 0 Å². The number of benzene rings is 2. The van der Waals surface area contributed by atoms with Gasteiger partial charge in [-0.05, 0) is 35.9 Å². The number of fused-ring (bicyclic) bond motifs is 1. The lowest BCUT2D eigenvalue weighted by molar-refractivity contribution is -0.116. The predicted octanol–water partition coefficient (Wildman–Crippen LogP) is 3.78. The molecule has 1 aromatic heterocycles. The first-order chi connectivity index (χ1) is 12.2. The van der Waals surface area contributed by atoms with Crippen molar-refractivity contribution in [1.29, 1.82) is 0 Å². The summed E-state index contributed by atoms with van der Waals surface area (Å²) in [6.07, 6.45) is 3.09. The van der Waals surface area contributed by atoms with Crippen molar-refractivity contribution < 1.29 is 18.7 Å². The van der Waals surface area contributed by atoms with Crippen LogP contribution in [0.4, 0.5) is 0 Å². The van der Waals surface area contributed by atoms with Gasteiger partial charge >= 0.3 is 0 Å². The molecule has 5 heteroatoms. The van der Waals surface area contributed by atoms with E-state index in [0.717, 1.165) is 16.7 Å². The van der Waals surface area contributed by atoms with Gasteiger partial charge in [0, 0.05) is 18.0 Å². The number of rotatable bonds is 6. The number of nitrogens with one attached hydrogen (secondary N) is 1. The van der Waals surface area contributed by atoms with Crippen LogP contribution in [0.15, 0.2) is 59.0 Å². The molecule has 5 nitrogen and oxygen atoms in total. The van der Waals surface area contributed by atoms with Crippen LogP contribution >= 0.6 is 0 Å². The van der Waals surface area contributed by atoms with Crippen LogP contribution in [-0.4, -0.2) is 20.1 Å². The van der Waals surface area contributed by atoms with Crippen LogP contribution in [0.3, 0.4) is 0 Å². The smallest absolute Gasteiger partial charge is 0.244 e. The summed E-state index contributed by atoms with van der Waals surface area (Å²) in [5.74, 6) is 1.86. The van der Waals surface area contributed by atoms with E-state index in [2.05, 4.69) is 5.32 Å². The minimum atomic E-state index is -0.191. The highest BCUT2D eigenvalue weighted by Crippen LogP contribution is 2.28. The van der Waals surface area contributed by atoms with Gasteiger partial charge in [0.25, 0.3) is 0 Å². The summed E-state index contributed by atoms with van der Waals surface area (Å²) < 4.78 is 16.1. The highest BCUT2D eigenvalue weighted by Gasteiger charge is 2.07. The Hall–Kier alpha value is -3.21. The topological polar surface area (TPSA) is 60.7 Å². The molecule has 2 aromatic carbocycles. The molecule has 3 rings (SSSR count). The van der Waals surface area contributed by atoms with Crippen LogP contribution in [0.2, 0.25) is 0 Å². The third-order valence-electron chi connectivity index (χ3n) is 3.77. The highest BCUT2D eigenvalue weighted by molar-refractivity contribution is 5.92. The number of carbonyl (C=O) groups excluding carboxylic acids is 1. The van der Waals surface area contributed by atoms with E-state index in [0.29, 0.717) is 23.6 Å². The molecule has 0 aliphatic carbocycles. The molecule has 1 amide bonds. The summed E-state index contributed by atoms with van der Waals surface area (Å²) in [6.45, 7) is 0.446. The van der Waals surface area contributed by atoms with E-state index < -0.39 is 0 Å². The van der Waals surface area contributed by atoms with Gasteiger partial charge in [-0.25, -0.2) is 0 Å². The molecule has 0 radical (unpaired) electrons. The predicted molar refractivity (Wildman–Crippen MR) is 96.6 cm³/mol. The number of methoxy groups -OCH3 is 2. The molecule has 0 aliphatic heterocycles. The second-order valence-corrected chi connectivity index (χ2v) is 5.43. The largest absolute Gasteiger partial charge is 0.497 e. The van der Waals surface area contributed by atoms with E-state index in [9.17, 15) is 4.79 Å². The average Bonchev–Trinajstić information content (AvgIpc) is 3.08. The lowest BCUT2D eigenvalue weighted by Crippen LogP contribution is -2.20. The van der Waals surface area contributed by atoms with Gasteiger partial charge in [-0.2, -0.15) is 0 Å². The van der Waals surface area contributed by atoms with Crippen LogP contribution in [0.5, 0.6) is 11.5 Å². The Morgan fingerprint density at radius 1 is 1.12 bits per heavy atom. The molecule has 0 spiro atoms. The number of amides is 1. The minimum absolute atomic E-state index is 0.191. The van der Waals surface area contributed by atoms with E-state index in [4.69, 9.17) is 13.9 Å². The summed E-state index contributed by atoms with van der Waals surface area (Å²) in [5.41, 5.74) is 1.67. The van der Waals surface area contributed by atoms with E-state index in [1.165, 1.54) is 6.08 Å². The minimum Gasteiger partial charge on any atom is -0.497 e. The first-order valence-corrected chi connectivity index (χ1v) is 7.85. The van der Waals surface area contributed by atoms with Crippen LogP contribution in [0, 0.1) is 0 Å². The number of hydrogen-bond donors (Lipinski definition) is 1. The van der Waals surface area contributed by atoms with Gasteiger partial charge < -0.3 is 19.2 Å². The fraction of sp³-hybridized carbons (Fsp3) is 0.150. The summed E-state index contributed by atoms with van der Waals surface area (Å²) >= 11 is 0. The summed E-state index contributed by atoms with van der Waals surface area (Å²) in [7, 11) is 3.22. The van der Waals surface area contributed by atoms with Crippen LogP contribution in [0.1, 0.15) is 11.3 Å². The second kappa shape index (κ2) is 7.57. The highest BCUT2D eigenvalue weighted by atomic mass is 16.5. The lowest BCUT2D eigenvalue weighted by Gasteiger charge is -2.04. The number of hydrogen-bond acceptors (Lipinski definition) is 4. The molecule has 0 unspecified atom stereocenters. The zero-order chi connectivity index (χ0) is 17.6. The molecule has 128 valence electrons. The molecule has 0 bridgehead atoms. The number of carbonyl (C=O) groups is 1. The Balaban J connectivity index is 1.62. The molecule has 0 aliphatic rings. The monoisotopic (exact) mass is 337 g/mol. The number of para-hydroxylation sites is 1. The van der Waals surface area contributed by atoms with E-state index in [-0.39, 0.29) is 5.91 Å². The quantitative estimate of drug-likeness (QED) is 0.696. The molecule has 0 atom stereocenters. The molecule has 1 heterocycles. The van der Waals surface area contributed by atoms with Crippen molar-refractivity contribution in [2.24, 2.45) is 0 Å². The van der Waals surface area contributed by atoms with Crippen molar-refractivity contribution in [1.82, 2.24) is 5.32 Å². The van der Waals surface area contributed by atoms with Crippen LogP contribution < -0.4 is 14.8 Å². The van der Waals surface area contributed by atoms with Crippen LogP contribution in [-0.2, 0) is 11.3 Å². The normalized spacial score (nSPS) is 11.0. The molecule has 0 saturated carbocycles. The van der Waals surface area contributed by atoms with Gasteiger partial charge in [0.2, 0.25) is 5.91 Å². The van der Waals surface area contributed by atoms with Gasteiger partial charge in [0.1, 0.15) is 11.5 Å². The maximum atomic E-state index is 12.0. The Morgan fingerprint density at radius 3 is 2.64 bits per heavy atom. The zero-order valence-electron chi connectivity index (χ0n) is 14.1. The maximum Gasteiger partial charge on any atom is 0.244 e. The van der Waals surface area contributed by atoms with Gasteiger partial charge in [-0.15, -0.1) is 0 Å². The van der Waals surface area contributed by atoms with Crippen molar-refractivity contribution in [2.45, 2.75) is 6.54 Å².